The summed E-state index contributed by atoms with van der Waals surface area (Å²) >= 11 is 0. The fourth-order valence-electron chi connectivity index (χ4n) is 2.34. The van der Waals surface area contributed by atoms with Gasteiger partial charge in [0, 0.05) is 11.9 Å². The number of anilines is 1. The maximum atomic E-state index is 13.0. The number of nitrogens with zero attached hydrogens (tertiary/aromatic N) is 1. The molecule has 0 bridgehead atoms. The highest BCUT2D eigenvalue weighted by molar-refractivity contribution is 6.03. The Kier molecular flexibility index (Phi) is 4.52. The lowest BCUT2D eigenvalue weighted by atomic mass is 10.2. The van der Waals surface area contributed by atoms with Gasteiger partial charge in [-0.1, -0.05) is 30.3 Å². The highest BCUT2D eigenvalue weighted by atomic mass is 19.1. The van der Waals surface area contributed by atoms with Crippen LogP contribution in [0.2, 0.25) is 0 Å². The first-order valence-corrected chi connectivity index (χ1v) is 7.44. The third-order valence-electron chi connectivity index (χ3n) is 3.56. The van der Waals surface area contributed by atoms with Crippen LogP contribution < -0.4 is 10.9 Å². The molecule has 5 heteroatoms. The van der Waals surface area contributed by atoms with Crippen molar-refractivity contribution in [1.29, 1.82) is 0 Å². The summed E-state index contributed by atoms with van der Waals surface area (Å²) in [6, 6.07) is 18.0. The van der Waals surface area contributed by atoms with Crippen LogP contribution in [-0.4, -0.2) is 10.5 Å². The SMILES string of the molecule is O=C(Nc1ccccc1)c1cccn(Cc2ccc(F)cc2)c1=O. The van der Waals surface area contributed by atoms with Gasteiger partial charge in [-0.25, -0.2) is 4.39 Å². The van der Waals surface area contributed by atoms with Crippen LogP contribution in [0.15, 0.2) is 77.7 Å². The van der Waals surface area contributed by atoms with E-state index < -0.39 is 11.5 Å². The highest BCUT2D eigenvalue weighted by Crippen LogP contribution is 2.08. The summed E-state index contributed by atoms with van der Waals surface area (Å²) in [5, 5.41) is 2.70. The molecule has 0 atom stereocenters. The van der Waals surface area contributed by atoms with Gasteiger partial charge in [0.2, 0.25) is 0 Å². The minimum absolute atomic E-state index is 0.0588. The third kappa shape index (κ3) is 3.57. The van der Waals surface area contributed by atoms with Crippen molar-refractivity contribution in [2.75, 3.05) is 5.32 Å². The van der Waals surface area contributed by atoms with E-state index in [1.807, 2.05) is 6.07 Å². The van der Waals surface area contributed by atoms with E-state index >= 15 is 0 Å². The van der Waals surface area contributed by atoms with Crippen LogP contribution in [0.4, 0.5) is 10.1 Å². The molecule has 1 aromatic heterocycles. The molecule has 0 aliphatic heterocycles. The zero-order valence-electron chi connectivity index (χ0n) is 12.8. The van der Waals surface area contributed by atoms with E-state index in [1.165, 1.54) is 22.8 Å². The molecule has 1 N–H and O–H groups in total. The molecule has 0 aliphatic carbocycles. The first-order chi connectivity index (χ1) is 11.6. The van der Waals surface area contributed by atoms with Gasteiger partial charge in [-0.15, -0.1) is 0 Å². The van der Waals surface area contributed by atoms with E-state index in [0.717, 1.165) is 5.56 Å². The second-order valence-electron chi connectivity index (χ2n) is 5.30. The number of rotatable bonds is 4. The molecule has 0 radical (unpaired) electrons. The van der Waals surface area contributed by atoms with Gasteiger partial charge in [0.25, 0.3) is 11.5 Å². The molecular formula is C19H15FN2O2. The van der Waals surface area contributed by atoms with E-state index in [1.54, 1.807) is 48.7 Å². The van der Waals surface area contributed by atoms with Gasteiger partial charge in [-0.2, -0.15) is 0 Å². The molecule has 24 heavy (non-hydrogen) atoms. The minimum Gasteiger partial charge on any atom is -0.322 e. The number of pyridine rings is 1. The second-order valence-corrected chi connectivity index (χ2v) is 5.30. The Morgan fingerprint density at radius 2 is 1.67 bits per heavy atom. The Morgan fingerprint density at radius 3 is 2.38 bits per heavy atom. The van der Waals surface area contributed by atoms with Crippen molar-refractivity contribution in [3.05, 3.63) is 100 Å². The van der Waals surface area contributed by atoms with Crippen LogP contribution >= 0.6 is 0 Å². The lowest BCUT2D eigenvalue weighted by Gasteiger charge is -2.09. The molecule has 0 unspecified atom stereocenters. The fraction of sp³-hybridized carbons (Fsp3) is 0.0526. The molecule has 1 amide bonds. The number of hydrogen-bond donors (Lipinski definition) is 1. The second kappa shape index (κ2) is 6.91. The maximum absolute atomic E-state index is 13.0. The predicted molar refractivity (Wildman–Crippen MR) is 90.6 cm³/mol. The van der Waals surface area contributed by atoms with E-state index in [0.29, 0.717) is 5.69 Å². The number of nitrogens with one attached hydrogen (secondary N) is 1. The van der Waals surface area contributed by atoms with Crippen molar-refractivity contribution < 1.29 is 9.18 Å². The van der Waals surface area contributed by atoms with Gasteiger partial charge in [0.05, 0.1) is 6.54 Å². The number of para-hydroxylation sites is 1. The molecule has 120 valence electrons. The lowest BCUT2D eigenvalue weighted by molar-refractivity contribution is 0.102. The number of amides is 1. The zero-order chi connectivity index (χ0) is 16.9. The van der Waals surface area contributed by atoms with E-state index in [2.05, 4.69) is 5.32 Å². The fourth-order valence-corrected chi connectivity index (χ4v) is 2.34. The number of carbonyl (C=O) groups excluding carboxylic acids is 1. The monoisotopic (exact) mass is 322 g/mol. The molecule has 2 aromatic carbocycles. The van der Waals surface area contributed by atoms with Crippen molar-refractivity contribution in [3.63, 3.8) is 0 Å². The maximum Gasteiger partial charge on any atom is 0.263 e. The average molecular weight is 322 g/mol. The van der Waals surface area contributed by atoms with Gasteiger partial charge >= 0.3 is 0 Å². The Hall–Kier alpha value is -3.21. The molecular weight excluding hydrogens is 307 g/mol. The van der Waals surface area contributed by atoms with E-state index in [4.69, 9.17) is 0 Å². The van der Waals surface area contributed by atoms with Gasteiger partial charge in [0.1, 0.15) is 11.4 Å². The first-order valence-electron chi connectivity index (χ1n) is 7.44. The molecule has 3 aromatic rings. The largest absolute Gasteiger partial charge is 0.322 e. The molecule has 0 fully saturated rings. The average Bonchev–Trinajstić information content (AvgIpc) is 2.59. The number of aromatic nitrogens is 1. The molecule has 0 saturated carbocycles. The molecule has 0 spiro atoms. The van der Waals surface area contributed by atoms with Crippen molar-refractivity contribution in [3.8, 4) is 0 Å². The third-order valence-corrected chi connectivity index (χ3v) is 3.56. The molecule has 4 nitrogen and oxygen atoms in total. The molecule has 0 saturated heterocycles. The standard InChI is InChI=1S/C19H15FN2O2/c20-15-10-8-14(9-11-15)13-22-12-4-7-17(19(22)24)18(23)21-16-5-2-1-3-6-16/h1-12H,13H2,(H,21,23). The Balaban J connectivity index is 1.84. The van der Waals surface area contributed by atoms with Crippen LogP contribution in [0.5, 0.6) is 0 Å². The molecule has 1 heterocycles. The predicted octanol–water partition coefficient (Wildman–Crippen LogP) is 3.29. The number of benzene rings is 2. The number of halogens is 1. The summed E-state index contributed by atoms with van der Waals surface area (Å²) in [5.41, 5.74) is 1.06. The van der Waals surface area contributed by atoms with Gasteiger partial charge in [-0.3, -0.25) is 9.59 Å². The topological polar surface area (TPSA) is 51.1 Å². The highest BCUT2D eigenvalue weighted by Gasteiger charge is 2.12. The van der Waals surface area contributed by atoms with E-state index in [-0.39, 0.29) is 17.9 Å². The Morgan fingerprint density at radius 1 is 0.958 bits per heavy atom. The van der Waals surface area contributed by atoms with Crippen molar-refractivity contribution >= 4 is 11.6 Å². The number of hydrogen-bond acceptors (Lipinski definition) is 2. The van der Waals surface area contributed by atoms with Crippen LogP contribution in [-0.2, 0) is 6.54 Å². The zero-order valence-corrected chi connectivity index (χ0v) is 12.8. The smallest absolute Gasteiger partial charge is 0.263 e. The van der Waals surface area contributed by atoms with Crippen LogP contribution in [0.1, 0.15) is 15.9 Å². The summed E-state index contributed by atoms with van der Waals surface area (Å²) in [6.45, 7) is 0.269. The van der Waals surface area contributed by atoms with Crippen molar-refractivity contribution in [1.82, 2.24) is 4.57 Å². The van der Waals surface area contributed by atoms with Crippen LogP contribution in [0.3, 0.4) is 0 Å². The Labute approximate surface area is 138 Å². The Bertz CT molecular complexity index is 903. The summed E-state index contributed by atoms with van der Waals surface area (Å²) in [7, 11) is 0. The molecule has 0 aliphatic rings. The van der Waals surface area contributed by atoms with Crippen LogP contribution in [0, 0.1) is 5.82 Å². The minimum atomic E-state index is -0.459. The van der Waals surface area contributed by atoms with Gasteiger partial charge in [0.15, 0.2) is 0 Å². The number of carbonyl (C=O) groups is 1. The quantitative estimate of drug-likeness (QED) is 0.801. The lowest BCUT2D eigenvalue weighted by Crippen LogP contribution is -2.29. The van der Waals surface area contributed by atoms with Crippen molar-refractivity contribution in [2.45, 2.75) is 6.54 Å². The van der Waals surface area contributed by atoms with E-state index in [9.17, 15) is 14.0 Å². The summed E-state index contributed by atoms with van der Waals surface area (Å²) in [6.07, 6.45) is 1.60. The molecule has 3 rings (SSSR count). The normalized spacial score (nSPS) is 10.4. The van der Waals surface area contributed by atoms with Gasteiger partial charge in [-0.05, 0) is 42.0 Å². The summed E-state index contributed by atoms with van der Waals surface area (Å²) < 4.78 is 14.4. The summed E-state index contributed by atoms with van der Waals surface area (Å²) in [5.74, 6) is -0.790. The van der Waals surface area contributed by atoms with Gasteiger partial charge < -0.3 is 9.88 Å². The first kappa shape index (κ1) is 15.7. The van der Waals surface area contributed by atoms with Crippen molar-refractivity contribution in [2.24, 2.45) is 0 Å². The summed E-state index contributed by atoms with van der Waals surface area (Å²) in [4.78, 5) is 24.8. The van der Waals surface area contributed by atoms with Crippen LogP contribution in [0.25, 0.3) is 0 Å².